The summed E-state index contributed by atoms with van der Waals surface area (Å²) in [7, 11) is 1.26. The standard InChI is InChI=1S/C24H25N5O5/c1-14-17(15(2)27-19(14)24(33)34-3)21(30)18-20(16-5-7-25-8-6-16)29(23(32)22(18)31)11-4-10-28-12-9-26-13-28/h5-9,12-13,20H,4,10-11H2,1-3H3,(H2,27,30,31,33)/p+1. The van der Waals surface area contributed by atoms with Gasteiger partial charge in [-0.2, -0.15) is 0 Å². The van der Waals surface area contributed by atoms with Gasteiger partial charge in [-0.3, -0.25) is 19.6 Å². The molecule has 1 atom stereocenters. The Bertz CT molecular complexity index is 1260. The average molecular weight is 465 g/mol. The minimum absolute atomic E-state index is 0.0212. The van der Waals surface area contributed by atoms with Crippen molar-refractivity contribution in [1.82, 2.24) is 19.9 Å². The third kappa shape index (κ3) is 3.98. The molecule has 34 heavy (non-hydrogen) atoms. The van der Waals surface area contributed by atoms with Crippen LogP contribution >= 0.6 is 0 Å². The van der Waals surface area contributed by atoms with Gasteiger partial charge in [0.15, 0.2) is 0 Å². The highest BCUT2D eigenvalue weighted by Gasteiger charge is 2.46. The number of esters is 1. The number of aromatic amines is 2. The first kappa shape index (κ1) is 23.0. The van der Waals surface area contributed by atoms with Gasteiger partial charge in [0, 0.05) is 36.6 Å². The van der Waals surface area contributed by atoms with Crippen LogP contribution in [0, 0.1) is 13.8 Å². The van der Waals surface area contributed by atoms with E-state index < -0.39 is 23.7 Å². The van der Waals surface area contributed by atoms with Gasteiger partial charge in [0.2, 0.25) is 6.33 Å². The van der Waals surface area contributed by atoms with Crippen LogP contribution < -0.4 is 4.57 Å². The molecule has 176 valence electrons. The van der Waals surface area contributed by atoms with Crippen molar-refractivity contribution < 1.29 is 28.8 Å². The molecule has 4 heterocycles. The van der Waals surface area contributed by atoms with Crippen molar-refractivity contribution in [3.63, 3.8) is 0 Å². The third-order valence-electron chi connectivity index (χ3n) is 6.04. The van der Waals surface area contributed by atoms with E-state index in [-0.39, 0.29) is 17.0 Å². The lowest BCUT2D eigenvalue weighted by molar-refractivity contribution is -0.695. The van der Waals surface area contributed by atoms with Gasteiger partial charge in [0.05, 0.1) is 25.3 Å². The number of carbonyl (C=O) groups excluding carboxylic acids is 3. The van der Waals surface area contributed by atoms with Crippen molar-refractivity contribution in [2.45, 2.75) is 32.9 Å². The second kappa shape index (κ2) is 9.34. The quantitative estimate of drug-likeness (QED) is 0.161. The van der Waals surface area contributed by atoms with E-state index in [4.69, 9.17) is 4.74 Å². The molecular weight excluding hydrogens is 438 g/mol. The fourth-order valence-electron chi connectivity index (χ4n) is 4.43. The maximum absolute atomic E-state index is 13.2. The number of imidazole rings is 1. The van der Waals surface area contributed by atoms with E-state index in [0.29, 0.717) is 41.9 Å². The first-order valence-corrected chi connectivity index (χ1v) is 10.8. The zero-order valence-corrected chi connectivity index (χ0v) is 19.2. The van der Waals surface area contributed by atoms with E-state index >= 15 is 0 Å². The second-order valence-corrected chi connectivity index (χ2v) is 8.09. The summed E-state index contributed by atoms with van der Waals surface area (Å²) < 4.78 is 6.75. The summed E-state index contributed by atoms with van der Waals surface area (Å²) in [5, 5.41) is 11.3. The number of nitrogens with zero attached hydrogens (tertiary/aromatic N) is 3. The van der Waals surface area contributed by atoms with E-state index in [1.165, 1.54) is 12.0 Å². The van der Waals surface area contributed by atoms with Crippen LogP contribution in [0.25, 0.3) is 5.76 Å². The van der Waals surface area contributed by atoms with E-state index in [9.17, 15) is 19.5 Å². The Kier molecular flexibility index (Phi) is 6.31. The van der Waals surface area contributed by atoms with Crippen molar-refractivity contribution >= 4 is 23.4 Å². The molecular formula is C24H26N5O5+. The number of H-pyrrole nitrogens is 2. The lowest BCUT2D eigenvalue weighted by Crippen LogP contribution is -2.36. The largest absolute Gasteiger partial charge is 0.507 e. The fraction of sp³-hybridized carbons (Fsp3) is 0.292. The van der Waals surface area contributed by atoms with Gasteiger partial charge in [-0.25, -0.2) is 9.36 Å². The minimum atomic E-state index is -0.783. The number of methoxy groups -OCH3 is 1. The van der Waals surface area contributed by atoms with Crippen LogP contribution in [0.15, 0.2) is 48.8 Å². The van der Waals surface area contributed by atoms with Gasteiger partial charge < -0.3 is 19.7 Å². The predicted molar refractivity (Wildman–Crippen MR) is 120 cm³/mol. The van der Waals surface area contributed by atoms with Crippen LogP contribution in [0.2, 0.25) is 0 Å². The zero-order chi connectivity index (χ0) is 24.4. The number of aromatic nitrogens is 4. The molecule has 0 radical (unpaired) electrons. The summed E-state index contributed by atoms with van der Waals surface area (Å²) in [5.41, 5.74) is 2.04. The number of likely N-dealkylation sites (tertiary alicyclic amines) is 1. The number of pyridine rings is 1. The summed E-state index contributed by atoms with van der Waals surface area (Å²) in [5.74, 6) is -2.37. The van der Waals surface area contributed by atoms with Crippen molar-refractivity contribution in [3.05, 3.63) is 76.9 Å². The normalized spacial score (nSPS) is 17.4. The zero-order valence-electron chi connectivity index (χ0n) is 19.2. The molecule has 3 N–H and O–H groups in total. The molecule has 1 fully saturated rings. The van der Waals surface area contributed by atoms with Crippen LogP contribution in [0.3, 0.4) is 0 Å². The van der Waals surface area contributed by atoms with Crippen molar-refractivity contribution in [3.8, 4) is 0 Å². The number of ketones is 1. The Morgan fingerprint density at radius 3 is 2.65 bits per heavy atom. The van der Waals surface area contributed by atoms with Crippen LogP contribution in [-0.2, 0) is 20.9 Å². The molecule has 1 aliphatic rings. The van der Waals surface area contributed by atoms with Crippen molar-refractivity contribution in [2.75, 3.05) is 13.7 Å². The summed E-state index contributed by atoms with van der Waals surface area (Å²) in [6, 6.07) is 2.65. The van der Waals surface area contributed by atoms with Gasteiger partial charge in [-0.15, -0.1) is 0 Å². The molecule has 1 amide bonds. The Hall–Kier alpha value is -4.21. The molecule has 10 heteroatoms. The van der Waals surface area contributed by atoms with Gasteiger partial charge in [-0.05, 0) is 37.1 Å². The number of hydrogen-bond donors (Lipinski definition) is 3. The molecule has 0 aliphatic carbocycles. The monoisotopic (exact) mass is 464 g/mol. The lowest BCUT2D eigenvalue weighted by atomic mass is 9.94. The number of aliphatic hydroxyl groups excluding tert-OH is 1. The highest BCUT2D eigenvalue weighted by molar-refractivity contribution is 6.46. The maximum atomic E-state index is 13.2. The number of aliphatic hydroxyl groups is 1. The molecule has 0 spiro atoms. The number of aryl methyl sites for hydroxylation is 2. The van der Waals surface area contributed by atoms with E-state index in [2.05, 4.69) is 15.0 Å². The number of rotatable bonds is 7. The molecule has 4 rings (SSSR count). The SMILES string of the molecule is COC(=O)c1[nH]c(C)c(/C(O)=C2\C(=O)C(=O)N(CCC[n+]3cc[nH]c3)C2c2ccncc2)c1C. The third-order valence-corrected chi connectivity index (χ3v) is 6.04. The lowest BCUT2D eigenvalue weighted by Gasteiger charge is -2.25. The highest BCUT2D eigenvalue weighted by atomic mass is 16.5. The summed E-state index contributed by atoms with van der Waals surface area (Å²) in [6.45, 7) is 4.29. The maximum Gasteiger partial charge on any atom is 0.354 e. The van der Waals surface area contributed by atoms with Crippen LogP contribution in [0.4, 0.5) is 0 Å². The minimum Gasteiger partial charge on any atom is -0.507 e. The molecule has 0 bridgehead atoms. The van der Waals surface area contributed by atoms with Gasteiger partial charge in [-0.1, -0.05) is 0 Å². The Balaban J connectivity index is 1.78. The van der Waals surface area contributed by atoms with E-state index in [0.717, 1.165) is 0 Å². The van der Waals surface area contributed by atoms with E-state index in [1.54, 1.807) is 44.6 Å². The molecule has 1 unspecified atom stereocenters. The number of carbonyl (C=O) groups is 3. The summed E-state index contributed by atoms with van der Waals surface area (Å²) in [4.78, 5) is 49.8. The Morgan fingerprint density at radius 1 is 1.26 bits per heavy atom. The van der Waals surface area contributed by atoms with Crippen molar-refractivity contribution in [2.24, 2.45) is 0 Å². The van der Waals surface area contributed by atoms with Gasteiger partial charge in [0.1, 0.15) is 23.8 Å². The van der Waals surface area contributed by atoms with Gasteiger partial charge in [0.25, 0.3) is 11.7 Å². The number of hydrogen-bond acceptors (Lipinski definition) is 6. The highest BCUT2D eigenvalue weighted by Crippen LogP contribution is 2.40. The number of nitrogens with one attached hydrogen (secondary N) is 2. The van der Waals surface area contributed by atoms with Crippen LogP contribution in [-0.4, -0.2) is 56.3 Å². The fourth-order valence-corrected chi connectivity index (χ4v) is 4.43. The molecule has 3 aromatic rings. The molecule has 1 saturated heterocycles. The van der Waals surface area contributed by atoms with Gasteiger partial charge >= 0.3 is 5.97 Å². The molecule has 3 aromatic heterocycles. The Labute approximate surface area is 195 Å². The second-order valence-electron chi connectivity index (χ2n) is 8.09. The number of ether oxygens (including phenoxy) is 1. The van der Waals surface area contributed by atoms with Crippen LogP contribution in [0.5, 0.6) is 0 Å². The summed E-state index contributed by atoms with van der Waals surface area (Å²) in [6.07, 6.45) is 9.25. The van der Waals surface area contributed by atoms with E-state index in [1.807, 2.05) is 17.1 Å². The molecule has 0 aromatic carbocycles. The average Bonchev–Trinajstić information content (AvgIpc) is 3.52. The number of amides is 1. The molecule has 0 saturated carbocycles. The number of Topliss-reactive ketones (excluding diaryl/α,β-unsaturated/α-hetero) is 1. The first-order chi connectivity index (χ1) is 16.3. The van der Waals surface area contributed by atoms with Crippen LogP contribution in [0.1, 0.15) is 45.3 Å². The molecule has 1 aliphatic heterocycles. The predicted octanol–water partition coefficient (Wildman–Crippen LogP) is 1.94. The smallest absolute Gasteiger partial charge is 0.354 e. The Morgan fingerprint density at radius 2 is 2.00 bits per heavy atom. The molecule has 10 nitrogen and oxygen atoms in total. The first-order valence-electron chi connectivity index (χ1n) is 10.8. The summed E-state index contributed by atoms with van der Waals surface area (Å²) >= 11 is 0. The topological polar surface area (TPSA) is 132 Å². The van der Waals surface area contributed by atoms with Crippen molar-refractivity contribution in [1.29, 1.82) is 0 Å².